The fraction of sp³-hybridized carbons (Fsp3) is 0.545. The maximum atomic E-state index is 12.8. The zero-order valence-electron chi connectivity index (χ0n) is 16.8. The molecule has 0 unspecified atom stereocenters. The van der Waals surface area contributed by atoms with Gasteiger partial charge in [0.25, 0.3) is 5.79 Å². The lowest BCUT2D eigenvalue weighted by molar-refractivity contribution is -0.121. The second-order valence-electron chi connectivity index (χ2n) is 8.38. The van der Waals surface area contributed by atoms with Gasteiger partial charge in [0, 0.05) is 42.4 Å². The number of likely N-dealkylation sites (tertiary alicyclic amines) is 1. The Balaban J connectivity index is 1.15. The largest absolute Gasteiger partial charge is 0.448 e. The molecule has 3 aliphatic rings. The Morgan fingerprint density at radius 3 is 2.72 bits per heavy atom. The van der Waals surface area contributed by atoms with E-state index in [1.807, 2.05) is 25.1 Å². The second kappa shape index (κ2) is 7.61. The van der Waals surface area contributed by atoms with Gasteiger partial charge in [0.2, 0.25) is 5.91 Å². The lowest BCUT2D eigenvalue weighted by Gasteiger charge is -2.30. The smallest absolute Gasteiger partial charge is 0.251 e. The Kier molecular flexibility index (Phi) is 4.95. The molecule has 6 nitrogen and oxygen atoms in total. The zero-order chi connectivity index (χ0) is 19.8. The van der Waals surface area contributed by atoms with Crippen molar-refractivity contribution in [3.8, 4) is 11.5 Å². The van der Waals surface area contributed by atoms with Crippen molar-refractivity contribution in [2.45, 2.75) is 57.8 Å². The van der Waals surface area contributed by atoms with Crippen LogP contribution in [-0.4, -0.2) is 34.7 Å². The number of carbonyl (C=O) groups excluding carboxylic acids is 1. The van der Waals surface area contributed by atoms with E-state index in [-0.39, 0.29) is 11.8 Å². The minimum absolute atomic E-state index is 0.0509. The zero-order valence-corrected chi connectivity index (χ0v) is 17.6. The molecule has 0 bridgehead atoms. The summed E-state index contributed by atoms with van der Waals surface area (Å²) in [5.74, 6) is 1.22. The molecule has 2 aromatic rings. The number of hydrogen-bond acceptors (Lipinski definition) is 6. The van der Waals surface area contributed by atoms with Crippen LogP contribution in [0.4, 0.5) is 5.69 Å². The average Bonchev–Trinajstić information content (AvgIpc) is 3.42. The molecule has 1 saturated carbocycles. The number of nitrogens with zero attached hydrogens (tertiary/aromatic N) is 2. The summed E-state index contributed by atoms with van der Waals surface area (Å²) in [6.45, 7) is 4.77. The minimum Gasteiger partial charge on any atom is -0.448 e. The first-order valence-corrected chi connectivity index (χ1v) is 11.4. The molecule has 154 valence electrons. The highest BCUT2D eigenvalue weighted by molar-refractivity contribution is 7.09. The molecule has 5 rings (SSSR count). The van der Waals surface area contributed by atoms with Crippen molar-refractivity contribution in [3.63, 3.8) is 0 Å². The SMILES string of the molecule is Cc1nc(CN2CCC(C(=O)Nc3ccc4c(c3)OC3(CCCC3)O4)CC2)cs1. The van der Waals surface area contributed by atoms with Crippen LogP contribution in [0, 0.1) is 12.8 Å². The fourth-order valence-electron chi connectivity index (χ4n) is 4.60. The van der Waals surface area contributed by atoms with Crippen LogP contribution in [0.15, 0.2) is 23.6 Å². The molecule has 1 spiro atoms. The van der Waals surface area contributed by atoms with Crippen molar-refractivity contribution in [3.05, 3.63) is 34.3 Å². The molecule has 29 heavy (non-hydrogen) atoms. The van der Waals surface area contributed by atoms with Crippen LogP contribution < -0.4 is 14.8 Å². The molecule has 1 amide bonds. The number of rotatable bonds is 4. The van der Waals surface area contributed by atoms with Crippen molar-refractivity contribution in [2.24, 2.45) is 5.92 Å². The van der Waals surface area contributed by atoms with Crippen LogP contribution in [0.5, 0.6) is 11.5 Å². The first kappa shape index (κ1) is 18.9. The number of hydrogen-bond donors (Lipinski definition) is 1. The number of benzene rings is 1. The number of aryl methyl sites for hydroxylation is 1. The van der Waals surface area contributed by atoms with E-state index in [2.05, 4.69) is 20.6 Å². The number of piperidine rings is 1. The van der Waals surface area contributed by atoms with Gasteiger partial charge < -0.3 is 14.8 Å². The summed E-state index contributed by atoms with van der Waals surface area (Å²) in [4.78, 5) is 19.7. The average molecular weight is 414 g/mol. The summed E-state index contributed by atoms with van der Waals surface area (Å²) >= 11 is 1.69. The van der Waals surface area contributed by atoms with Crippen LogP contribution in [0.25, 0.3) is 0 Å². The van der Waals surface area contributed by atoms with Gasteiger partial charge in [-0.2, -0.15) is 0 Å². The maximum absolute atomic E-state index is 12.8. The van der Waals surface area contributed by atoms with E-state index in [0.29, 0.717) is 0 Å². The lowest BCUT2D eigenvalue weighted by Crippen LogP contribution is -2.37. The number of nitrogens with one attached hydrogen (secondary N) is 1. The monoisotopic (exact) mass is 413 g/mol. The van der Waals surface area contributed by atoms with E-state index >= 15 is 0 Å². The van der Waals surface area contributed by atoms with E-state index in [1.54, 1.807) is 11.3 Å². The van der Waals surface area contributed by atoms with Crippen LogP contribution in [0.3, 0.4) is 0 Å². The molecule has 1 aromatic carbocycles. The van der Waals surface area contributed by atoms with Gasteiger partial charge in [0.05, 0.1) is 10.7 Å². The van der Waals surface area contributed by atoms with E-state index in [0.717, 1.165) is 86.0 Å². The molecular formula is C22H27N3O3S. The maximum Gasteiger partial charge on any atom is 0.251 e. The molecule has 2 aliphatic heterocycles. The molecule has 0 radical (unpaired) electrons. The van der Waals surface area contributed by atoms with Crippen molar-refractivity contribution in [1.82, 2.24) is 9.88 Å². The number of thiazole rings is 1. The Bertz CT molecular complexity index is 898. The Morgan fingerprint density at radius 1 is 1.24 bits per heavy atom. The molecule has 1 aliphatic carbocycles. The molecule has 1 aromatic heterocycles. The molecular weight excluding hydrogens is 386 g/mol. The number of carbonyl (C=O) groups is 1. The molecule has 2 fully saturated rings. The quantitative estimate of drug-likeness (QED) is 0.808. The summed E-state index contributed by atoms with van der Waals surface area (Å²) in [6.07, 6.45) is 5.90. The van der Waals surface area contributed by atoms with E-state index < -0.39 is 5.79 Å². The molecule has 3 heterocycles. The van der Waals surface area contributed by atoms with Crippen LogP contribution in [0.1, 0.15) is 49.2 Å². The number of amides is 1. The highest BCUT2D eigenvalue weighted by atomic mass is 32.1. The third-order valence-electron chi connectivity index (χ3n) is 6.18. The lowest BCUT2D eigenvalue weighted by atomic mass is 9.95. The van der Waals surface area contributed by atoms with Crippen LogP contribution in [-0.2, 0) is 11.3 Å². The van der Waals surface area contributed by atoms with Crippen LogP contribution in [0.2, 0.25) is 0 Å². The van der Waals surface area contributed by atoms with Gasteiger partial charge in [-0.15, -0.1) is 11.3 Å². The highest BCUT2D eigenvalue weighted by Gasteiger charge is 2.44. The molecule has 1 N–H and O–H groups in total. The summed E-state index contributed by atoms with van der Waals surface area (Å²) in [5, 5.41) is 6.32. The predicted octanol–water partition coefficient (Wildman–Crippen LogP) is 4.34. The third kappa shape index (κ3) is 3.98. The summed E-state index contributed by atoms with van der Waals surface area (Å²) in [6, 6.07) is 5.73. The fourth-order valence-corrected chi connectivity index (χ4v) is 5.20. The van der Waals surface area contributed by atoms with Gasteiger partial charge in [-0.3, -0.25) is 9.69 Å². The first-order valence-electron chi connectivity index (χ1n) is 10.5. The normalized spacial score (nSPS) is 21.0. The van der Waals surface area contributed by atoms with E-state index in [4.69, 9.17) is 9.47 Å². The number of anilines is 1. The Morgan fingerprint density at radius 2 is 2.00 bits per heavy atom. The molecule has 7 heteroatoms. The second-order valence-corrected chi connectivity index (χ2v) is 9.44. The predicted molar refractivity (Wildman–Crippen MR) is 112 cm³/mol. The van der Waals surface area contributed by atoms with Crippen molar-refractivity contribution < 1.29 is 14.3 Å². The van der Waals surface area contributed by atoms with Gasteiger partial charge in [-0.1, -0.05) is 0 Å². The van der Waals surface area contributed by atoms with Gasteiger partial charge in [0.15, 0.2) is 11.5 Å². The number of aromatic nitrogens is 1. The van der Waals surface area contributed by atoms with Crippen molar-refractivity contribution in [2.75, 3.05) is 18.4 Å². The topological polar surface area (TPSA) is 63.7 Å². The van der Waals surface area contributed by atoms with Crippen LogP contribution >= 0.6 is 11.3 Å². The molecule has 0 atom stereocenters. The summed E-state index contributed by atoms with van der Waals surface area (Å²) < 4.78 is 12.2. The summed E-state index contributed by atoms with van der Waals surface area (Å²) in [7, 11) is 0. The Hall–Kier alpha value is -2.12. The highest BCUT2D eigenvalue weighted by Crippen LogP contribution is 2.47. The molecule has 1 saturated heterocycles. The Labute approximate surface area is 175 Å². The van der Waals surface area contributed by atoms with Crippen molar-refractivity contribution >= 4 is 22.9 Å². The van der Waals surface area contributed by atoms with Crippen molar-refractivity contribution in [1.29, 1.82) is 0 Å². The van der Waals surface area contributed by atoms with Gasteiger partial charge in [0.1, 0.15) is 0 Å². The van der Waals surface area contributed by atoms with Gasteiger partial charge in [-0.05, 0) is 57.8 Å². The number of fused-ring (bicyclic) bond motifs is 1. The first-order chi connectivity index (χ1) is 14.1. The van der Waals surface area contributed by atoms with E-state index in [9.17, 15) is 4.79 Å². The van der Waals surface area contributed by atoms with E-state index in [1.165, 1.54) is 0 Å². The minimum atomic E-state index is -0.465. The third-order valence-corrected chi connectivity index (χ3v) is 7.00. The number of ether oxygens (including phenoxy) is 2. The van der Waals surface area contributed by atoms with Gasteiger partial charge >= 0.3 is 0 Å². The van der Waals surface area contributed by atoms with Gasteiger partial charge in [-0.25, -0.2) is 4.98 Å². The summed E-state index contributed by atoms with van der Waals surface area (Å²) in [5.41, 5.74) is 1.92. The standard InChI is InChI=1S/C22H27N3O3S/c1-15-23-18(14-29-15)13-25-10-6-16(7-11-25)21(26)24-17-4-5-19-20(12-17)28-22(27-19)8-2-3-9-22/h4-5,12,14,16H,2-3,6-11,13H2,1H3,(H,24,26).